The molecular weight excluding hydrogens is 346 g/mol. The molecule has 1 aliphatic carbocycles. The Morgan fingerprint density at radius 3 is 2.42 bits per heavy atom. The molecule has 0 aromatic heterocycles. The van der Waals surface area contributed by atoms with E-state index in [9.17, 15) is 9.59 Å². The highest BCUT2D eigenvalue weighted by Gasteiger charge is 2.52. The number of nitrogens with one attached hydrogen (secondary N) is 1. The molecule has 2 amide bonds. The Kier molecular flexibility index (Phi) is 5.51. The minimum Gasteiger partial charge on any atom is -0.369 e. The summed E-state index contributed by atoms with van der Waals surface area (Å²) in [7, 11) is 0. The number of nitrogens with zero attached hydrogens (tertiary/aromatic N) is 1. The average Bonchev–Trinajstić information content (AvgIpc) is 2.62. The van der Waals surface area contributed by atoms with E-state index >= 15 is 0 Å². The number of primary amides is 1. The second-order valence-electron chi connectivity index (χ2n) is 6.99. The summed E-state index contributed by atoms with van der Waals surface area (Å²) >= 11 is 1.45. The Labute approximate surface area is 158 Å². The zero-order valence-corrected chi connectivity index (χ0v) is 16.1. The molecule has 1 saturated carbocycles. The molecule has 6 heteroatoms. The molecule has 5 nitrogen and oxygen atoms in total. The van der Waals surface area contributed by atoms with E-state index < -0.39 is 17.2 Å². The summed E-state index contributed by atoms with van der Waals surface area (Å²) < 4.78 is 0. The first kappa shape index (κ1) is 18.7. The number of benzene rings is 1. The fourth-order valence-corrected chi connectivity index (χ4v) is 5.22. The van der Waals surface area contributed by atoms with Gasteiger partial charge in [-0.05, 0) is 38.2 Å². The molecule has 2 aliphatic rings. The van der Waals surface area contributed by atoms with Crippen LogP contribution in [0.5, 0.6) is 0 Å². The van der Waals surface area contributed by atoms with Crippen molar-refractivity contribution in [3.8, 4) is 0 Å². The molecule has 0 bridgehead atoms. The van der Waals surface area contributed by atoms with Gasteiger partial charge in [0.1, 0.15) is 0 Å². The van der Waals surface area contributed by atoms with Crippen LogP contribution in [0.4, 0.5) is 5.69 Å². The normalized spacial score (nSPS) is 22.1. The standard InChI is InChI=1S/C20H25N3O2S/c1-13-15(18(25)23-14-9-5-3-6-10-14)20(11-7-4-8-12-20)16(17(21)24)19(22-13)26-2/h3,5-6,9-10,16H,4,7-8,11-12H2,1-2H3,(H2,21,24)(H,23,25)/t16-/m0/s1. The first-order chi connectivity index (χ1) is 12.5. The number of nitrogens with two attached hydrogens (primary N) is 1. The topological polar surface area (TPSA) is 84.6 Å². The first-order valence-electron chi connectivity index (χ1n) is 8.99. The number of rotatable bonds is 3. The zero-order chi connectivity index (χ0) is 18.7. The Morgan fingerprint density at radius 1 is 1.19 bits per heavy atom. The third-order valence-corrected chi connectivity index (χ3v) is 6.18. The lowest BCUT2D eigenvalue weighted by molar-refractivity contribution is -0.123. The molecule has 3 rings (SSSR count). The van der Waals surface area contributed by atoms with Gasteiger partial charge in [0.15, 0.2) is 0 Å². The summed E-state index contributed by atoms with van der Waals surface area (Å²) in [5.41, 5.74) is 7.32. The highest BCUT2D eigenvalue weighted by atomic mass is 32.2. The second kappa shape index (κ2) is 7.66. The fourth-order valence-electron chi connectivity index (χ4n) is 4.41. The fraction of sp³-hybridized carbons (Fsp3) is 0.450. The van der Waals surface area contributed by atoms with Crippen LogP contribution in [0.25, 0.3) is 0 Å². The molecule has 1 aromatic carbocycles. The highest BCUT2D eigenvalue weighted by Crippen LogP contribution is 2.53. The molecule has 3 N–H and O–H groups in total. The van der Waals surface area contributed by atoms with Gasteiger partial charge in [-0.25, -0.2) is 4.99 Å². The maximum Gasteiger partial charge on any atom is 0.254 e. The summed E-state index contributed by atoms with van der Waals surface area (Å²) in [6.45, 7) is 1.86. The minimum absolute atomic E-state index is 0.175. The SMILES string of the molecule is CSC1=NC(C)=C(C(=O)Nc2ccccc2)C2(CCCCC2)[C@H]1C(N)=O. The summed E-state index contributed by atoms with van der Waals surface area (Å²) in [4.78, 5) is 30.2. The summed E-state index contributed by atoms with van der Waals surface area (Å²) in [5, 5.41) is 3.71. The van der Waals surface area contributed by atoms with Crippen molar-refractivity contribution in [2.75, 3.05) is 11.6 Å². The van der Waals surface area contributed by atoms with Crippen molar-refractivity contribution in [3.63, 3.8) is 0 Å². The minimum atomic E-state index is -0.548. The second-order valence-corrected chi connectivity index (χ2v) is 7.81. The van der Waals surface area contributed by atoms with Gasteiger partial charge in [0.25, 0.3) is 5.91 Å². The maximum atomic E-state index is 13.2. The van der Waals surface area contributed by atoms with Gasteiger partial charge in [-0.15, -0.1) is 11.8 Å². The van der Waals surface area contributed by atoms with Crippen LogP contribution in [0.3, 0.4) is 0 Å². The average molecular weight is 372 g/mol. The van der Waals surface area contributed by atoms with Crippen molar-refractivity contribution < 1.29 is 9.59 Å². The van der Waals surface area contributed by atoms with E-state index in [-0.39, 0.29) is 5.91 Å². The number of carbonyl (C=O) groups is 2. The Morgan fingerprint density at radius 2 is 1.85 bits per heavy atom. The van der Waals surface area contributed by atoms with Gasteiger partial charge in [-0.1, -0.05) is 37.5 Å². The van der Waals surface area contributed by atoms with E-state index in [0.717, 1.165) is 42.8 Å². The lowest BCUT2D eigenvalue weighted by Crippen LogP contribution is -2.50. The lowest BCUT2D eigenvalue weighted by atomic mass is 9.60. The third kappa shape index (κ3) is 3.30. The van der Waals surface area contributed by atoms with Crippen LogP contribution < -0.4 is 11.1 Å². The van der Waals surface area contributed by atoms with E-state index in [1.54, 1.807) is 0 Å². The van der Waals surface area contributed by atoms with Crippen LogP contribution in [-0.4, -0.2) is 23.1 Å². The van der Waals surface area contributed by atoms with E-state index in [2.05, 4.69) is 10.3 Å². The van der Waals surface area contributed by atoms with Crippen LogP contribution in [-0.2, 0) is 9.59 Å². The molecule has 138 valence electrons. The van der Waals surface area contributed by atoms with Crippen molar-refractivity contribution >= 4 is 34.3 Å². The van der Waals surface area contributed by atoms with Gasteiger partial charge in [0.2, 0.25) is 5.91 Å². The number of carbonyl (C=O) groups excluding carboxylic acids is 2. The Balaban J connectivity index is 2.07. The van der Waals surface area contributed by atoms with Crippen LogP contribution >= 0.6 is 11.8 Å². The number of aliphatic imine (C=N–C) groups is 1. The largest absolute Gasteiger partial charge is 0.369 e. The molecule has 1 fully saturated rings. The van der Waals surface area contributed by atoms with Crippen molar-refractivity contribution in [3.05, 3.63) is 41.6 Å². The van der Waals surface area contributed by atoms with Gasteiger partial charge in [-0.2, -0.15) is 0 Å². The molecule has 0 saturated heterocycles. The van der Waals surface area contributed by atoms with Gasteiger partial charge < -0.3 is 11.1 Å². The number of thioether (sulfide) groups is 1. The first-order valence-corrected chi connectivity index (χ1v) is 10.2. The number of allylic oxidation sites excluding steroid dienone is 1. The Bertz CT molecular complexity index is 765. The number of para-hydroxylation sites is 1. The number of amides is 2. The number of hydrogen-bond donors (Lipinski definition) is 2. The quantitative estimate of drug-likeness (QED) is 0.849. The number of anilines is 1. The third-order valence-electron chi connectivity index (χ3n) is 5.44. The molecule has 26 heavy (non-hydrogen) atoms. The van der Waals surface area contributed by atoms with Crippen molar-refractivity contribution in [2.24, 2.45) is 22.1 Å². The van der Waals surface area contributed by atoms with Gasteiger partial charge >= 0.3 is 0 Å². The number of hydrogen-bond acceptors (Lipinski definition) is 4. The van der Waals surface area contributed by atoms with Gasteiger partial charge in [0, 0.05) is 22.4 Å². The predicted molar refractivity (Wildman–Crippen MR) is 107 cm³/mol. The van der Waals surface area contributed by atoms with E-state index in [1.165, 1.54) is 11.8 Å². The molecule has 1 atom stereocenters. The van der Waals surface area contributed by atoms with Crippen molar-refractivity contribution in [1.82, 2.24) is 0 Å². The summed E-state index contributed by atoms with van der Waals surface area (Å²) in [5.74, 6) is -1.10. The Hall–Kier alpha value is -2.08. The van der Waals surface area contributed by atoms with Crippen LogP contribution in [0, 0.1) is 11.3 Å². The molecular formula is C20H25N3O2S. The van der Waals surface area contributed by atoms with E-state index in [1.807, 2.05) is 43.5 Å². The highest BCUT2D eigenvalue weighted by molar-refractivity contribution is 8.13. The van der Waals surface area contributed by atoms with Crippen LogP contribution in [0.15, 0.2) is 46.6 Å². The molecule has 0 radical (unpaired) electrons. The molecule has 1 aliphatic heterocycles. The van der Waals surface area contributed by atoms with Gasteiger partial charge in [0.05, 0.1) is 11.0 Å². The van der Waals surface area contributed by atoms with Crippen LogP contribution in [0.2, 0.25) is 0 Å². The van der Waals surface area contributed by atoms with E-state index in [4.69, 9.17) is 5.73 Å². The smallest absolute Gasteiger partial charge is 0.254 e. The molecule has 1 heterocycles. The summed E-state index contributed by atoms with van der Waals surface area (Å²) in [6.07, 6.45) is 6.57. The van der Waals surface area contributed by atoms with Crippen LogP contribution in [0.1, 0.15) is 39.0 Å². The molecule has 0 unspecified atom stereocenters. The van der Waals surface area contributed by atoms with Crippen molar-refractivity contribution in [1.29, 1.82) is 0 Å². The predicted octanol–water partition coefficient (Wildman–Crippen LogP) is 3.73. The lowest BCUT2D eigenvalue weighted by Gasteiger charge is -2.46. The monoisotopic (exact) mass is 371 g/mol. The summed E-state index contributed by atoms with van der Waals surface area (Å²) in [6, 6.07) is 9.37. The van der Waals surface area contributed by atoms with Crippen molar-refractivity contribution in [2.45, 2.75) is 39.0 Å². The van der Waals surface area contributed by atoms with Gasteiger partial charge in [-0.3, -0.25) is 9.59 Å². The molecule has 1 aromatic rings. The zero-order valence-electron chi connectivity index (χ0n) is 15.2. The molecule has 1 spiro atoms. The van der Waals surface area contributed by atoms with E-state index in [0.29, 0.717) is 11.3 Å². The maximum absolute atomic E-state index is 13.2.